The van der Waals surface area contributed by atoms with Crippen LogP contribution in [0, 0.1) is 24.7 Å². The zero-order valence-electron chi connectivity index (χ0n) is 29.8. The topological polar surface area (TPSA) is 97.1 Å². The molecule has 3 aliphatic carbocycles. The lowest BCUT2D eigenvalue weighted by atomic mass is 9.77. The molecule has 7 rings (SSSR count). The molecular weight excluding hydrogens is 628 g/mol. The van der Waals surface area contributed by atoms with E-state index in [1.54, 1.807) is 12.0 Å². The van der Waals surface area contributed by atoms with Crippen LogP contribution in [0.3, 0.4) is 0 Å². The number of hydrogen-bond donors (Lipinski definition) is 1. The Bertz CT molecular complexity index is 1610. The van der Waals surface area contributed by atoms with Gasteiger partial charge in [0.05, 0.1) is 32.1 Å². The Morgan fingerprint density at radius 3 is 2.32 bits per heavy atom. The molecule has 2 aromatic carbocycles. The normalized spacial score (nSPS) is 24.5. The molecule has 1 saturated heterocycles. The Balaban J connectivity index is 1.01. The number of aliphatic hydroxyl groups is 1. The maximum Gasteiger partial charge on any atom is 0.409 e. The van der Waals surface area contributed by atoms with Gasteiger partial charge in [0, 0.05) is 43.0 Å². The molecule has 1 aromatic heterocycles. The summed E-state index contributed by atoms with van der Waals surface area (Å²) in [6, 6.07) is 15.6. The van der Waals surface area contributed by atoms with Crippen molar-refractivity contribution in [2.24, 2.45) is 17.8 Å². The fourth-order valence-corrected chi connectivity index (χ4v) is 8.42. The van der Waals surface area contributed by atoms with E-state index in [-0.39, 0.29) is 29.9 Å². The highest BCUT2D eigenvalue weighted by atomic mass is 16.6. The number of aromatic nitrogens is 2. The fraction of sp³-hybridized carbons (Fsp3) is 0.585. The molecule has 9 nitrogen and oxygen atoms in total. The Labute approximate surface area is 296 Å². The lowest BCUT2D eigenvalue weighted by Gasteiger charge is -2.36. The number of rotatable bonds is 10. The summed E-state index contributed by atoms with van der Waals surface area (Å²) in [7, 11) is 1.73. The van der Waals surface area contributed by atoms with Gasteiger partial charge in [0.2, 0.25) is 5.91 Å². The molecule has 0 spiro atoms. The van der Waals surface area contributed by atoms with Gasteiger partial charge in [-0.25, -0.2) is 4.79 Å². The lowest BCUT2D eigenvalue weighted by Crippen LogP contribution is -2.42. The minimum Gasteiger partial charge on any atom is -0.496 e. The van der Waals surface area contributed by atoms with E-state index in [1.807, 2.05) is 6.20 Å². The number of anilines is 1. The van der Waals surface area contributed by atoms with Gasteiger partial charge in [-0.3, -0.25) is 9.48 Å². The van der Waals surface area contributed by atoms with Gasteiger partial charge in [0.1, 0.15) is 5.75 Å². The number of aliphatic hydroxyl groups excluding tert-OH is 1. The number of likely N-dealkylation sites (tertiary alicyclic amines) is 1. The van der Waals surface area contributed by atoms with Crippen LogP contribution >= 0.6 is 0 Å². The number of carbonyl (C=O) groups is 2. The molecule has 2 amide bonds. The summed E-state index contributed by atoms with van der Waals surface area (Å²) >= 11 is 0. The van der Waals surface area contributed by atoms with Crippen molar-refractivity contribution in [3.63, 3.8) is 0 Å². The van der Waals surface area contributed by atoms with E-state index in [2.05, 4.69) is 70.3 Å². The predicted octanol–water partition coefficient (Wildman–Crippen LogP) is 7.91. The zero-order valence-corrected chi connectivity index (χ0v) is 29.8. The summed E-state index contributed by atoms with van der Waals surface area (Å²) < 4.78 is 13.3. The van der Waals surface area contributed by atoms with E-state index < -0.39 is 0 Å². The molecular formula is C41H54N4O5. The number of nitrogens with zero attached hydrogens (tertiary/aromatic N) is 4. The molecule has 4 aliphatic rings. The molecule has 4 fully saturated rings. The maximum absolute atomic E-state index is 14.5. The average Bonchev–Trinajstić information content (AvgIpc) is 3.89. The second kappa shape index (κ2) is 15.6. The van der Waals surface area contributed by atoms with Crippen LogP contribution in [0.2, 0.25) is 0 Å². The molecule has 1 N–H and O–H groups in total. The minimum absolute atomic E-state index is 0.0366. The number of benzene rings is 2. The van der Waals surface area contributed by atoms with Gasteiger partial charge in [-0.2, -0.15) is 5.10 Å². The van der Waals surface area contributed by atoms with Crippen molar-refractivity contribution < 1.29 is 24.2 Å². The zero-order chi connectivity index (χ0) is 34.6. The Morgan fingerprint density at radius 2 is 1.62 bits per heavy atom. The summed E-state index contributed by atoms with van der Waals surface area (Å²) in [5.74, 6) is 2.39. The molecule has 0 unspecified atom stereocenters. The number of methoxy groups -OCH3 is 1. The van der Waals surface area contributed by atoms with E-state index >= 15 is 0 Å². The van der Waals surface area contributed by atoms with Crippen LogP contribution < -0.4 is 9.64 Å². The van der Waals surface area contributed by atoms with E-state index in [4.69, 9.17) is 9.47 Å². The lowest BCUT2D eigenvalue weighted by molar-refractivity contribution is -0.124. The molecule has 0 bridgehead atoms. The van der Waals surface area contributed by atoms with Crippen LogP contribution in [0.1, 0.15) is 100 Å². The van der Waals surface area contributed by atoms with Crippen molar-refractivity contribution in [1.29, 1.82) is 0 Å². The Morgan fingerprint density at radius 1 is 0.880 bits per heavy atom. The third-order valence-electron chi connectivity index (χ3n) is 11.8. The third kappa shape index (κ3) is 8.20. The largest absolute Gasteiger partial charge is 0.496 e. The first-order valence-electron chi connectivity index (χ1n) is 19.0. The number of aryl methyl sites for hydroxylation is 1. The van der Waals surface area contributed by atoms with Gasteiger partial charge in [-0.15, -0.1) is 0 Å². The average molecular weight is 683 g/mol. The van der Waals surface area contributed by atoms with Crippen molar-refractivity contribution in [2.45, 2.75) is 102 Å². The van der Waals surface area contributed by atoms with Crippen molar-refractivity contribution in [2.75, 3.05) is 38.3 Å². The number of piperidine rings is 1. The summed E-state index contributed by atoms with van der Waals surface area (Å²) in [4.78, 5) is 30.9. The molecule has 50 heavy (non-hydrogen) atoms. The standard InChI is InChI=1S/C41H54N4O5/c1-28-22-34(14-17-39(28)49-2)31-10-6-29(7-11-31)25-44(37-5-3-4-33(23-37)35-24-42-45(26-35)36-15-16-36)40(47)32-12-8-30(9-13-32)27-50-41(48)43-20-18-38(46)19-21-43/h3-5,14,17,22-24,26,29-32,36,38,46H,6-13,15-16,18-21,25,27H2,1-2H3. The highest BCUT2D eigenvalue weighted by molar-refractivity contribution is 5.95. The molecule has 9 heteroatoms. The highest BCUT2D eigenvalue weighted by Crippen LogP contribution is 2.40. The van der Waals surface area contributed by atoms with Gasteiger partial charge in [-0.05, 0) is 137 Å². The van der Waals surface area contributed by atoms with Crippen molar-refractivity contribution in [3.05, 3.63) is 66.0 Å². The van der Waals surface area contributed by atoms with Crippen LogP contribution in [0.25, 0.3) is 11.1 Å². The van der Waals surface area contributed by atoms with Gasteiger partial charge in [0.15, 0.2) is 0 Å². The van der Waals surface area contributed by atoms with Crippen LogP contribution in [0.4, 0.5) is 10.5 Å². The van der Waals surface area contributed by atoms with E-state index in [1.165, 1.54) is 24.0 Å². The fourth-order valence-electron chi connectivity index (χ4n) is 8.42. The predicted molar refractivity (Wildman–Crippen MR) is 194 cm³/mol. The van der Waals surface area contributed by atoms with Gasteiger partial charge in [0.25, 0.3) is 0 Å². The molecule has 3 aromatic rings. The Hall–Kier alpha value is -3.85. The smallest absolute Gasteiger partial charge is 0.409 e. The van der Waals surface area contributed by atoms with Crippen molar-refractivity contribution in [3.8, 4) is 16.9 Å². The number of amides is 2. The van der Waals surface area contributed by atoms with Crippen LogP contribution in [0.15, 0.2) is 54.9 Å². The molecule has 268 valence electrons. The number of hydrogen-bond acceptors (Lipinski definition) is 6. The minimum atomic E-state index is -0.320. The summed E-state index contributed by atoms with van der Waals surface area (Å²) in [5, 5.41) is 14.4. The monoisotopic (exact) mass is 682 g/mol. The first-order valence-corrected chi connectivity index (χ1v) is 19.0. The summed E-state index contributed by atoms with van der Waals surface area (Å²) in [5.41, 5.74) is 5.74. The molecule has 0 atom stereocenters. The van der Waals surface area contributed by atoms with Crippen LogP contribution in [-0.2, 0) is 9.53 Å². The summed E-state index contributed by atoms with van der Waals surface area (Å²) in [6.45, 7) is 4.34. The second-order valence-corrected chi connectivity index (χ2v) is 15.4. The van der Waals surface area contributed by atoms with Crippen LogP contribution in [-0.4, -0.2) is 71.2 Å². The van der Waals surface area contributed by atoms with Gasteiger partial charge < -0.3 is 24.4 Å². The highest BCUT2D eigenvalue weighted by Gasteiger charge is 2.34. The van der Waals surface area contributed by atoms with E-state index in [0.717, 1.165) is 80.5 Å². The first-order chi connectivity index (χ1) is 24.3. The van der Waals surface area contributed by atoms with Crippen molar-refractivity contribution >= 4 is 17.7 Å². The summed E-state index contributed by atoms with van der Waals surface area (Å²) in [6.07, 6.45) is 14.9. The van der Waals surface area contributed by atoms with E-state index in [0.29, 0.717) is 50.4 Å². The number of carbonyl (C=O) groups excluding carboxylic acids is 2. The maximum atomic E-state index is 14.5. The van der Waals surface area contributed by atoms with Gasteiger partial charge in [-0.1, -0.05) is 24.3 Å². The SMILES string of the molecule is COc1ccc(C2CCC(CN(C(=O)C3CCC(COC(=O)N4CCC(O)CC4)CC3)c3cccc(-c4cnn(C5CC5)c4)c3)CC2)cc1C. The van der Waals surface area contributed by atoms with Crippen LogP contribution in [0.5, 0.6) is 5.75 Å². The number of ether oxygens (including phenoxy) is 2. The molecule has 0 radical (unpaired) electrons. The first kappa shape index (κ1) is 34.6. The van der Waals surface area contributed by atoms with E-state index in [9.17, 15) is 14.7 Å². The third-order valence-corrected chi connectivity index (χ3v) is 11.8. The van der Waals surface area contributed by atoms with Crippen molar-refractivity contribution in [1.82, 2.24) is 14.7 Å². The molecule has 1 aliphatic heterocycles. The quantitative estimate of drug-likeness (QED) is 0.234. The molecule has 3 saturated carbocycles. The second-order valence-electron chi connectivity index (χ2n) is 15.4. The Kier molecular flexibility index (Phi) is 10.8. The van der Waals surface area contributed by atoms with Gasteiger partial charge >= 0.3 is 6.09 Å². The molecule has 2 heterocycles.